The summed E-state index contributed by atoms with van der Waals surface area (Å²) in [5, 5.41) is 3.56. The first kappa shape index (κ1) is 10.4. The zero-order chi connectivity index (χ0) is 11.0. The molecule has 0 bridgehead atoms. The molecule has 0 spiro atoms. The molecule has 1 N–H and O–H groups in total. The van der Waals surface area contributed by atoms with Crippen LogP contribution in [-0.2, 0) is 0 Å². The Morgan fingerprint density at radius 3 is 2.81 bits per heavy atom. The van der Waals surface area contributed by atoms with E-state index in [1.807, 2.05) is 0 Å². The highest BCUT2D eigenvalue weighted by molar-refractivity contribution is 5.07. The third kappa shape index (κ3) is 2.34. The van der Waals surface area contributed by atoms with Gasteiger partial charge in [-0.15, -0.1) is 0 Å². The van der Waals surface area contributed by atoms with Crippen molar-refractivity contribution in [2.75, 3.05) is 6.54 Å². The summed E-state index contributed by atoms with van der Waals surface area (Å²) in [4.78, 5) is 0. The molecule has 3 aliphatic rings. The van der Waals surface area contributed by atoms with Crippen LogP contribution < -0.4 is 5.32 Å². The van der Waals surface area contributed by atoms with E-state index in [-0.39, 0.29) is 0 Å². The first-order valence-corrected chi connectivity index (χ1v) is 6.92. The molecule has 3 unspecified atom stereocenters. The topological polar surface area (TPSA) is 12.0 Å². The lowest BCUT2D eigenvalue weighted by Crippen LogP contribution is -2.18. The van der Waals surface area contributed by atoms with Crippen LogP contribution in [0.5, 0.6) is 0 Å². The Bertz CT molecular complexity index is 301. The zero-order valence-corrected chi connectivity index (χ0v) is 10.1. The normalized spacial score (nSPS) is 37.1. The molecule has 16 heavy (non-hydrogen) atoms. The van der Waals surface area contributed by atoms with Crippen LogP contribution in [0.4, 0.5) is 0 Å². The van der Waals surface area contributed by atoms with Gasteiger partial charge in [0.1, 0.15) is 0 Å². The largest absolute Gasteiger partial charge is 0.388 e. The minimum absolute atomic E-state index is 0.815. The zero-order valence-electron chi connectivity index (χ0n) is 10.1. The molecule has 1 heteroatoms. The molecule has 3 rings (SSSR count). The molecular weight excluding hydrogens is 194 g/mol. The maximum absolute atomic E-state index is 4.13. The molecule has 2 fully saturated rings. The Kier molecular flexibility index (Phi) is 2.79. The van der Waals surface area contributed by atoms with Crippen molar-refractivity contribution in [1.82, 2.24) is 5.32 Å². The second-order valence-corrected chi connectivity index (χ2v) is 5.88. The van der Waals surface area contributed by atoms with E-state index in [4.69, 9.17) is 0 Å². The summed E-state index contributed by atoms with van der Waals surface area (Å²) in [5.41, 5.74) is 1.31. The highest BCUT2D eigenvalue weighted by Crippen LogP contribution is 2.48. The van der Waals surface area contributed by atoms with Crippen molar-refractivity contribution in [1.29, 1.82) is 0 Å². The van der Waals surface area contributed by atoms with Gasteiger partial charge in [0.25, 0.3) is 0 Å². The maximum atomic E-state index is 4.13. The molecule has 0 aromatic carbocycles. The van der Waals surface area contributed by atoms with Crippen LogP contribution in [0.15, 0.2) is 24.4 Å². The fourth-order valence-corrected chi connectivity index (χ4v) is 3.13. The summed E-state index contributed by atoms with van der Waals surface area (Å²) in [6, 6.07) is 0. The molecule has 3 atom stereocenters. The predicted molar refractivity (Wildman–Crippen MR) is 67.9 cm³/mol. The molecule has 0 amide bonds. The van der Waals surface area contributed by atoms with Gasteiger partial charge in [0.2, 0.25) is 0 Å². The minimum atomic E-state index is 0.815. The van der Waals surface area contributed by atoms with E-state index in [0.29, 0.717) is 0 Å². The van der Waals surface area contributed by atoms with Gasteiger partial charge in [-0.05, 0) is 62.2 Å². The average molecular weight is 217 g/mol. The van der Waals surface area contributed by atoms with E-state index in [1.165, 1.54) is 50.8 Å². The van der Waals surface area contributed by atoms with Gasteiger partial charge in [-0.1, -0.05) is 18.7 Å². The van der Waals surface area contributed by atoms with E-state index in [0.717, 1.165) is 23.7 Å². The fourth-order valence-electron chi connectivity index (χ4n) is 3.13. The monoisotopic (exact) mass is 217 g/mol. The van der Waals surface area contributed by atoms with E-state index >= 15 is 0 Å². The number of allylic oxidation sites excluding steroid dienone is 3. The lowest BCUT2D eigenvalue weighted by atomic mass is 9.89. The highest BCUT2D eigenvalue weighted by Gasteiger charge is 2.42. The number of rotatable bonds is 5. The van der Waals surface area contributed by atoms with Gasteiger partial charge in [0, 0.05) is 12.2 Å². The van der Waals surface area contributed by atoms with E-state index in [1.54, 1.807) is 0 Å². The fraction of sp³-hybridized carbons (Fsp3) is 0.733. The molecule has 0 radical (unpaired) electrons. The Morgan fingerprint density at radius 1 is 1.25 bits per heavy atom. The van der Waals surface area contributed by atoms with E-state index in [2.05, 4.69) is 24.0 Å². The van der Waals surface area contributed by atoms with Crippen molar-refractivity contribution in [3.63, 3.8) is 0 Å². The van der Waals surface area contributed by atoms with Crippen molar-refractivity contribution in [3.05, 3.63) is 24.4 Å². The Morgan fingerprint density at radius 2 is 2.12 bits per heavy atom. The highest BCUT2D eigenvalue weighted by atomic mass is 14.9. The molecule has 2 saturated carbocycles. The van der Waals surface area contributed by atoms with Gasteiger partial charge < -0.3 is 5.32 Å². The summed E-state index contributed by atoms with van der Waals surface area (Å²) >= 11 is 0. The lowest BCUT2D eigenvalue weighted by Gasteiger charge is -2.18. The number of nitrogens with one attached hydrogen (secondary N) is 1. The second kappa shape index (κ2) is 4.27. The Labute approximate surface area is 99.0 Å². The van der Waals surface area contributed by atoms with Crippen LogP contribution in [0.2, 0.25) is 0 Å². The van der Waals surface area contributed by atoms with Crippen LogP contribution in [0.3, 0.4) is 0 Å². The van der Waals surface area contributed by atoms with E-state index < -0.39 is 0 Å². The first-order valence-electron chi connectivity index (χ1n) is 6.92. The van der Waals surface area contributed by atoms with Crippen LogP contribution in [-0.4, -0.2) is 6.54 Å². The van der Waals surface area contributed by atoms with Crippen molar-refractivity contribution in [3.8, 4) is 0 Å². The summed E-state index contributed by atoms with van der Waals surface area (Å²) in [7, 11) is 0. The van der Waals surface area contributed by atoms with Gasteiger partial charge in [-0.25, -0.2) is 0 Å². The van der Waals surface area contributed by atoms with Crippen molar-refractivity contribution < 1.29 is 0 Å². The summed E-state index contributed by atoms with van der Waals surface area (Å²) < 4.78 is 0. The molecule has 3 aliphatic carbocycles. The van der Waals surface area contributed by atoms with Gasteiger partial charge in [0.15, 0.2) is 0 Å². The molecule has 0 aliphatic heterocycles. The standard InChI is InChI=1S/C15H23N/c1-11(12-7-8-12)16-10-14-9-15(14)13-5-3-2-4-6-13/h2-3,12-16H,1,4-10H2. The average Bonchev–Trinajstić information content (AvgIpc) is 3.18. The predicted octanol–water partition coefficient (Wildman–Crippen LogP) is 3.49. The summed E-state index contributed by atoms with van der Waals surface area (Å²) in [6.07, 6.45) is 13.0. The van der Waals surface area contributed by atoms with Gasteiger partial charge in [-0.3, -0.25) is 0 Å². The van der Waals surface area contributed by atoms with Crippen LogP contribution in [0.25, 0.3) is 0 Å². The minimum Gasteiger partial charge on any atom is -0.388 e. The number of hydrogen-bond acceptors (Lipinski definition) is 1. The molecular formula is C15H23N. The molecule has 88 valence electrons. The van der Waals surface area contributed by atoms with Crippen LogP contribution >= 0.6 is 0 Å². The van der Waals surface area contributed by atoms with Crippen LogP contribution in [0, 0.1) is 23.7 Å². The van der Waals surface area contributed by atoms with Gasteiger partial charge in [-0.2, -0.15) is 0 Å². The third-order valence-electron chi connectivity index (χ3n) is 4.55. The number of hydrogen-bond donors (Lipinski definition) is 1. The quantitative estimate of drug-likeness (QED) is 0.695. The van der Waals surface area contributed by atoms with Crippen molar-refractivity contribution in [2.24, 2.45) is 23.7 Å². The summed E-state index contributed by atoms with van der Waals surface area (Å²) in [5.74, 6) is 3.78. The maximum Gasteiger partial charge on any atom is 0.0175 e. The lowest BCUT2D eigenvalue weighted by molar-refractivity contribution is 0.397. The molecule has 0 heterocycles. The smallest absolute Gasteiger partial charge is 0.0175 e. The Hall–Kier alpha value is -0.720. The van der Waals surface area contributed by atoms with Gasteiger partial charge >= 0.3 is 0 Å². The van der Waals surface area contributed by atoms with Crippen LogP contribution in [0.1, 0.15) is 38.5 Å². The second-order valence-electron chi connectivity index (χ2n) is 5.88. The summed E-state index contributed by atoms with van der Waals surface area (Å²) in [6.45, 7) is 5.33. The molecule has 0 saturated heterocycles. The van der Waals surface area contributed by atoms with Gasteiger partial charge in [0.05, 0.1) is 0 Å². The Balaban J connectivity index is 1.38. The van der Waals surface area contributed by atoms with Crippen molar-refractivity contribution >= 4 is 0 Å². The third-order valence-corrected chi connectivity index (χ3v) is 4.55. The SMILES string of the molecule is C=C(NCC1CC1C1CC=CCC1)C1CC1. The molecule has 0 aromatic heterocycles. The van der Waals surface area contributed by atoms with Crippen molar-refractivity contribution in [2.45, 2.75) is 38.5 Å². The first-order chi connectivity index (χ1) is 7.84. The molecule has 0 aromatic rings. The molecule has 1 nitrogen and oxygen atoms in total. The van der Waals surface area contributed by atoms with E-state index in [9.17, 15) is 0 Å².